The summed E-state index contributed by atoms with van der Waals surface area (Å²) in [5.41, 5.74) is 2.29. The molecule has 2 aliphatic rings. The minimum absolute atomic E-state index is 0.0562. The molecule has 1 aliphatic carbocycles. The molecule has 2 aromatic rings. The highest BCUT2D eigenvalue weighted by Gasteiger charge is 2.36. The first kappa shape index (κ1) is 19.8. The van der Waals surface area contributed by atoms with E-state index in [1.807, 2.05) is 41.5 Å². The Hall–Kier alpha value is -2.50. The maximum atomic E-state index is 12.8. The lowest BCUT2D eigenvalue weighted by Crippen LogP contribution is -2.50. The van der Waals surface area contributed by atoms with Gasteiger partial charge in [-0.2, -0.15) is 0 Å². The molecule has 2 aromatic heterocycles. The first-order chi connectivity index (χ1) is 14.0. The van der Waals surface area contributed by atoms with Gasteiger partial charge in [-0.3, -0.25) is 4.79 Å². The number of piperidine rings is 1. The van der Waals surface area contributed by atoms with Gasteiger partial charge >= 0.3 is 5.97 Å². The molecule has 0 spiro atoms. The third kappa shape index (κ3) is 4.11. The Balaban J connectivity index is 1.39. The summed E-state index contributed by atoms with van der Waals surface area (Å²) < 4.78 is 12.9. The van der Waals surface area contributed by atoms with Crippen molar-refractivity contribution in [3.05, 3.63) is 47.2 Å². The minimum Gasteiger partial charge on any atom is -0.467 e. The summed E-state index contributed by atoms with van der Waals surface area (Å²) in [5, 5.41) is 0. The number of rotatable bonds is 5. The van der Waals surface area contributed by atoms with Gasteiger partial charge in [-0.25, -0.2) is 4.79 Å². The second-order valence-electron chi connectivity index (χ2n) is 8.37. The number of nitrogens with zero attached hydrogens (tertiary/aromatic N) is 2. The van der Waals surface area contributed by atoms with Gasteiger partial charge in [0, 0.05) is 24.0 Å². The van der Waals surface area contributed by atoms with Crippen LogP contribution in [0.15, 0.2) is 28.9 Å². The zero-order valence-electron chi connectivity index (χ0n) is 17.4. The summed E-state index contributed by atoms with van der Waals surface area (Å²) in [6.07, 6.45) is 8.67. The van der Waals surface area contributed by atoms with E-state index in [2.05, 4.69) is 0 Å². The summed E-state index contributed by atoms with van der Waals surface area (Å²) in [6.45, 7) is 5.02. The molecule has 156 valence electrons. The predicted molar refractivity (Wildman–Crippen MR) is 109 cm³/mol. The Morgan fingerprint density at radius 2 is 1.97 bits per heavy atom. The van der Waals surface area contributed by atoms with Crippen molar-refractivity contribution in [1.82, 2.24) is 9.47 Å². The zero-order chi connectivity index (χ0) is 20.4. The van der Waals surface area contributed by atoms with E-state index in [4.69, 9.17) is 9.15 Å². The van der Waals surface area contributed by atoms with Gasteiger partial charge in [0.05, 0.1) is 18.4 Å². The molecule has 0 bridgehead atoms. The van der Waals surface area contributed by atoms with Crippen LogP contribution in [0.25, 0.3) is 0 Å². The van der Waals surface area contributed by atoms with Gasteiger partial charge in [-0.05, 0) is 63.6 Å². The van der Waals surface area contributed by atoms with Crippen molar-refractivity contribution >= 4 is 11.9 Å². The van der Waals surface area contributed by atoms with Crippen molar-refractivity contribution < 1.29 is 18.7 Å². The fourth-order valence-electron chi connectivity index (χ4n) is 5.03. The SMILES string of the molecule is Cc1cc(C(=O)OCC(=O)N2CCC[C@@H]3CCCC[C@@H]32)c(C)n1Cc1ccco1. The number of amides is 1. The number of fused-ring (bicyclic) bond motifs is 1. The maximum absolute atomic E-state index is 12.8. The van der Waals surface area contributed by atoms with Crippen LogP contribution in [0.4, 0.5) is 0 Å². The van der Waals surface area contributed by atoms with Crippen LogP contribution in [0.2, 0.25) is 0 Å². The van der Waals surface area contributed by atoms with Crippen molar-refractivity contribution in [2.24, 2.45) is 5.92 Å². The highest BCUT2D eigenvalue weighted by molar-refractivity contribution is 5.92. The smallest absolute Gasteiger partial charge is 0.340 e. The Bertz CT molecular complexity index is 866. The molecule has 1 saturated heterocycles. The highest BCUT2D eigenvalue weighted by Crippen LogP contribution is 2.35. The molecular weight excluding hydrogens is 368 g/mol. The fourth-order valence-corrected chi connectivity index (χ4v) is 5.03. The average Bonchev–Trinajstić information content (AvgIpc) is 3.35. The number of carbonyl (C=O) groups excluding carboxylic acids is 2. The lowest BCUT2D eigenvalue weighted by atomic mass is 9.78. The van der Waals surface area contributed by atoms with Gasteiger partial charge in [0.15, 0.2) is 6.61 Å². The van der Waals surface area contributed by atoms with E-state index in [-0.39, 0.29) is 12.5 Å². The van der Waals surface area contributed by atoms with Crippen molar-refractivity contribution in [3.63, 3.8) is 0 Å². The predicted octanol–water partition coefficient (Wildman–Crippen LogP) is 4.08. The maximum Gasteiger partial charge on any atom is 0.340 e. The topological polar surface area (TPSA) is 64.7 Å². The number of hydrogen-bond donors (Lipinski definition) is 0. The van der Waals surface area contributed by atoms with E-state index in [1.165, 1.54) is 25.7 Å². The molecule has 6 heteroatoms. The molecule has 3 heterocycles. The van der Waals surface area contributed by atoms with E-state index < -0.39 is 5.97 Å². The first-order valence-corrected chi connectivity index (χ1v) is 10.7. The summed E-state index contributed by atoms with van der Waals surface area (Å²) >= 11 is 0. The van der Waals surface area contributed by atoms with Crippen LogP contribution in [-0.2, 0) is 16.1 Å². The van der Waals surface area contributed by atoms with E-state index >= 15 is 0 Å². The van der Waals surface area contributed by atoms with Crippen molar-refractivity contribution in [3.8, 4) is 0 Å². The molecule has 1 aliphatic heterocycles. The van der Waals surface area contributed by atoms with Crippen LogP contribution in [-0.4, -0.2) is 40.5 Å². The van der Waals surface area contributed by atoms with Gasteiger partial charge < -0.3 is 18.6 Å². The van der Waals surface area contributed by atoms with E-state index in [0.717, 1.165) is 36.5 Å². The number of esters is 1. The Kier molecular flexibility index (Phi) is 5.79. The molecule has 4 rings (SSSR count). The fraction of sp³-hybridized carbons (Fsp3) is 0.565. The average molecular weight is 399 g/mol. The monoisotopic (exact) mass is 398 g/mol. The molecule has 1 saturated carbocycles. The van der Waals surface area contributed by atoms with Gasteiger partial charge in [0.25, 0.3) is 5.91 Å². The van der Waals surface area contributed by atoms with Gasteiger partial charge in [-0.15, -0.1) is 0 Å². The lowest BCUT2D eigenvalue weighted by molar-refractivity contribution is -0.140. The number of ether oxygens (including phenoxy) is 1. The summed E-state index contributed by atoms with van der Waals surface area (Å²) in [7, 11) is 0. The molecule has 6 nitrogen and oxygen atoms in total. The Morgan fingerprint density at radius 1 is 1.17 bits per heavy atom. The van der Waals surface area contributed by atoms with Crippen LogP contribution in [0, 0.1) is 19.8 Å². The van der Waals surface area contributed by atoms with Crippen LogP contribution >= 0.6 is 0 Å². The molecule has 2 fully saturated rings. The zero-order valence-corrected chi connectivity index (χ0v) is 17.4. The first-order valence-electron chi connectivity index (χ1n) is 10.7. The lowest BCUT2D eigenvalue weighted by Gasteiger charge is -2.44. The van der Waals surface area contributed by atoms with E-state index in [9.17, 15) is 9.59 Å². The van der Waals surface area contributed by atoms with Gasteiger partial charge in [0.1, 0.15) is 5.76 Å². The molecule has 2 atom stereocenters. The Morgan fingerprint density at radius 3 is 2.76 bits per heavy atom. The molecule has 1 amide bonds. The second kappa shape index (κ2) is 8.47. The summed E-state index contributed by atoms with van der Waals surface area (Å²) in [5.74, 6) is 0.959. The van der Waals surface area contributed by atoms with Crippen molar-refractivity contribution in [2.45, 2.75) is 65.0 Å². The molecular formula is C23H30N2O4. The van der Waals surface area contributed by atoms with Crippen LogP contribution in [0.1, 0.15) is 66.0 Å². The highest BCUT2D eigenvalue weighted by atomic mass is 16.5. The van der Waals surface area contributed by atoms with Crippen LogP contribution < -0.4 is 0 Å². The normalized spacial score (nSPS) is 21.7. The summed E-state index contributed by atoms with van der Waals surface area (Å²) in [4.78, 5) is 27.4. The van der Waals surface area contributed by atoms with Crippen LogP contribution in [0.5, 0.6) is 0 Å². The van der Waals surface area contributed by atoms with Gasteiger partial charge in [-0.1, -0.05) is 12.8 Å². The third-order valence-electron chi connectivity index (χ3n) is 6.58. The molecule has 0 aromatic carbocycles. The second-order valence-corrected chi connectivity index (χ2v) is 8.37. The molecule has 29 heavy (non-hydrogen) atoms. The van der Waals surface area contributed by atoms with Crippen molar-refractivity contribution in [1.29, 1.82) is 0 Å². The number of aryl methyl sites for hydroxylation is 1. The summed E-state index contributed by atoms with van der Waals surface area (Å²) in [6, 6.07) is 5.92. The van der Waals surface area contributed by atoms with Gasteiger partial charge in [0.2, 0.25) is 0 Å². The Labute approximate surface area is 171 Å². The quantitative estimate of drug-likeness (QED) is 0.712. The standard InChI is InChI=1S/C23H30N2O4/c1-16-13-20(17(2)25(16)14-19-9-6-12-28-19)23(27)29-15-22(26)24-11-5-8-18-7-3-4-10-21(18)24/h6,9,12-13,18,21H,3-5,7-8,10-11,14-15H2,1-2H3/t18-,21-/m0/s1. The number of aromatic nitrogens is 1. The molecule has 0 unspecified atom stereocenters. The minimum atomic E-state index is -0.436. The van der Waals surface area contributed by atoms with Crippen LogP contribution in [0.3, 0.4) is 0 Å². The molecule has 0 radical (unpaired) electrons. The largest absolute Gasteiger partial charge is 0.467 e. The number of furan rings is 1. The number of carbonyl (C=O) groups is 2. The van der Waals surface area contributed by atoms with E-state index in [0.29, 0.717) is 24.1 Å². The number of likely N-dealkylation sites (tertiary alicyclic amines) is 1. The molecule has 0 N–H and O–H groups in total. The van der Waals surface area contributed by atoms with Crippen molar-refractivity contribution in [2.75, 3.05) is 13.2 Å². The number of hydrogen-bond acceptors (Lipinski definition) is 4. The third-order valence-corrected chi connectivity index (χ3v) is 6.58. The van der Waals surface area contributed by atoms with E-state index in [1.54, 1.807) is 6.26 Å².